The minimum atomic E-state index is 0.0326. The number of carbonyl (C=O) groups excluding carboxylic acids is 1. The van der Waals surface area contributed by atoms with Gasteiger partial charge in [0.1, 0.15) is 5.82 Å². The molecule has 3 rings (SSSR count). The second-order valence-corrected chi connectivity index (χ2v) is 7.61. The van der Waals surface area contributed by atoms with Crippen molar-refractivity contribution in [1.82, 2.24) is 20.1 Å². The van der Waals surface area contributed by atoms with Crippen molar-refractivity contribution in [3.8, 4) is 5.69 Å². The molecule has 1 aromatic carbocycles. The van der Waals surface area contributed by atoms with Gasteiger partial charge in [-0.1, -0.05) is 43.8 Å². The lowest BCUT2D eigenvalue weighted by Gasteiger charge is -2.16. The Morgan fingerprint density at radius 1 is 1.29 bits per heavy atom. The fourth-order valence-corrected chi connectivity index (χ4v) is 2.96. The van der Waals surface area contributed by atoms with Gasteiger partial charge in [-0.25, -0.2) is 9.67 Å². The van der Waals surface area contributed by atoms with Crippen molar-refractivity contribution in [1.29, 1.82) is 0 Å². The van der Waals surface area contributed by atoms with Crippen molar-refractivity contribution in [2.75, 3.05) is 5.75 Å². The van der Waals surface area contributed by atoms with Gasteiger partial charge in [-0.05, 0) is 37.8 Å². The Morgan fingerprint density at radius 2 is 2.00 bits per heavy atom. The van der Waals surface area contributed by atoms with Crippen LogP contribution in [0, 0.1) is 5.92 Å². The number of nitrogens with zero attached hydrogens (tertiary/aromatic N) is 3. The van der Waals surface area contributed by atoms with Crippen molar-refractivity contribution in [3.63, 3.8) is 0 Å². The lowest BCUT2D eigenvalue weighted by atomic mass is 10.1. The van der Waals surface area contributed by atoms with E-state index in [2.05, 4.69) is 29.2 Å². The first-order valence-electron chi connectivity index (χ1n) is 8.49. The number of rotatable bonds is 7. The molecule has 24 heavy (non-hydrogen) atoms. The first-order chi connectivity index (χ1) is 11.5. The molecule has 6 heteroatoms. The van der Waals surface area contributed by atoms with E-state index in [-0.39, 0.29) is 11.9 Å². The third kappa shape index (κ3) is 4.17. The van der Waals surface area contributed by atoms with Crippen molar-refractivity contribution < 1.29 is 4.79 Å². The summed E-state index contributed by atoms with van der Waals surface area (Å²) >= 11 is 1.40. The highest BCUT2D eigenvalue weighted by atomic mass is 32.2. The molecule has 0 radical (unpaired) electrons. The van der Waals surface area contributed by atoms with Gasteiger partial charge in [-0.15, -0.1) is 5.10 Å². The minimum absolute atomic E-state index is 0.0326. The van der Waals surface area contributed by atoms with Crippen LogP contribution in [0.1, 0.15) is 45.4 Å². The molecule has 1 saturated carbocycles. The Labute approximate surface area is 147 Å². The van der Waals surface area contributed by atoms with Gasteiger partial charge in [-0.2, -0.15) is 0 Å². The largest absolute Gasteiger partial charge is 0.353 e. The molecule has 0 unspecified atom stereocenters. The summed E-state index contributed by atoms with van der Waals surface area (Å²) in [6.07, 6.45) is 2.34. The van der Waals surface area contributed by atoms with E-state index in [4.69, 9.17) is 0 Å². The predicted molar refractivity (Wildman–Crippen MR) is 96.5 cm³/mol. The Bertz CT molecular complexity index is 694. The summed E-state index contributed by atoms with van der Waals surface area (Å²) in [6, 6.07) is 10.2. The van der Waals surface area contributed by atoms with Gasteiger partial charge in [0.05, 0.1) is 11.4 Å². The van der Waals surface area contributed by atoms with Crippen LogP contribution in [0.4, 0.5) is 0 Å². The lowest BCUT2D eigenvalue weighted by Crippen LogP contribution is -2.37. The maximum atomic E-state index is 12.0. The minimum Gasteiger partial charge on any atom is -0.353 e. The summed E-state index contributed by atoms with van der Waals surface area (Å²) in [5, 5.41) is 8.31. The molecule has 1 aliphatic carbocycles. The number of amides is 1. The van der Waals surface area contributed by atoms with Crippen LogP contribution < -0.4 is 5.32 Å². The number of aromatic nitrogens is 3. The third-order valence-electron chi connectivity index (χ3n) is 4.28. The first-order valence-corrected chi connectivity index (χ1v) is 9.47. The molecule has 128 valence electrons. The molecule has 1 fully saturated rings. The summed E-state index contributed by atoms with van der Waals surface area (Å²) in [7, 11) is 0. The van der Waals surface area contributed by atoms with Crippen LogP contribution in [0.2, 0.25) is 0 Å². The third-order valence-corrected chi connectivity index (χ3v) is 5.11. The van der Waals surface area contributed by atoms with Crippen LogP contribution in [0.3, 0.4) is 0 Å². The normalized spacial score (nSPS) is 15.5. The molecule has 2 aromatic rings. The van der Waals surface area contributed by atoms with E-state index < -0.39 is 0 Å². The zero-order valence-electron chi connectivity index (χ0n) is 14.4. The maximum Gasteiger partial charge on any atom is 0.230 e. The number of para-hydroxylation sites is 1. The number of nitrogens with one attached hydrogen (secondary N) is 1. The number of hydrogen-bond acceptors (Lipinski definition) is 4. The number of thioether (sulfide) groups is 1. The molecule has 5 nitrogen and oxygen atoms in total. The van der Waals surface area contributed by atoms with Gasteiger partial charge in [0.15, 0.2) is 0 Å². The number of hydrogen-bond donors (Lipinski definition) is 1. The fourth-order valence-electron chi connectivity index (χ4n) is 2.32. The fraction of sp³-hybridized carbons (Fsp3) is 0.500. The van der Waals surface area contributed by atoms with Gasteiger partial charge in [0.25, 0.3) is 0 Å². The van der Waals surface area contributed by atoms with E-state index in [9.17, 15) is 4.79 Å². The topological polar surface area (TPSA) is 59.8 Å². The molecule has 1 amide bonds. The molecule has 0 spiro atoms. The molecule has 1 atom stereocenters. The molecule has 0 aliphatic heterocycles. The molecule has 0 saturated heterocycles. The smallest absolute Gasteiger partial charge is 0.230 e. The number of carbonyl (C=O) groups is 1. The molecular weight excluding hydrogens is 320 g/mol. The standard InChI is InChI=1S/C18H24N4OS/c1-12(2)13(3)19-16(23)11-24-18-20-17(14-9-10-14)22(21-18)15-7-5-4-6-8-15/h4-8,12-14H,9-11H2,1-3H3,(H,19,23)/t13-/m1/s1. The Morgan fingerprint density at radius 3 is 2.62 bits per heavy atom. The van der Waals surface area contributed by atoms with Gasteiger partial charge < -0.3 is 5.32 Å². The van der Waals surface area contributed by atoms with Crippen molar-refractivity contribution in [3.05, 3.63) is 36.2 Å². The SMILES string of the molecule is CC(C)[C@@H](C)NC(=O)CSc1nc(C2CC2)n(-c2ccccc2)n1. The molecule has 1 N–H and O–H groups in total. The molecule has 1 heterocycles. The average Bonchev–Trinajstić information content (AvgIpc) is 3.33. The van der Waals surface area contributed by atoms with Crippen LogP contribution in [0.5, 0.6) is 0 Å². The van der Waals surface area contributed by atoms with E-state index in [0.717, 1.165) is 11.5 Å². The van der Waals surface area contributed by atoms with E-state index in [1.807, 2.05) is 41.9 Å². The summed E-state index contributed by atoms with van der Waals surface area (Å²) < 4.78 is 1.93. The average molecular weight is 344 g/mol. The highest BCUT2D eigenvalue weighted by Crippen LogP contribution is 2.40. The lowest BCUT2D eigenvalue weighted by molar-refractivity contribution is -0.119. The summed E-state index contributed by atoms with van der Waals surface area (Å²) in [6.45, 7) is 6.23. The van der Waals surface area contributed by atoms with Crippen LogP contribution in [0.15, 0.2) is 35.5 Å². The van der Waals surface area contributed by atoms with Crippen molar-refractivity contribution in [2.45, 2.75) is 50.7 Å². The van der Waals surface area contributed by atoms with Crippen LogP contribution in [-0.2, 0) is 4.79 Å². The Kier molecular flexibility index (Phi) is 5.23. The van der Waals surface area contributed by atoms with Gasteiger partial charge in [0, 0.05) is 12.0 Å². The quantitative estimate of drug-likeness (QED) is 0.782. The van der Waals surface area contributed by atoms with E-state index in [1.165, 1.54) is 24.6 Å². The first kappa shape index (κ1) is 17.0. The van der Waals surface area contributed by atoms with Crippen LogP contribution >= 0.6 is 11.8 Å². The molecule has 1 aromatic heterocycles. The summed E-state index contributed by atoms with van der Waals surface area (Å²) in [5.41, 5.74) is 1.02. The summed E-state index contributed by atoms with van der Waals surface area (Å²) in [5.74, 6) is 2.32. The monoisotopic (exact) mass is 344 g/mol. The highest BCUT2D eigenvalue weighted by Gasteiger charge is 2.30. The molecule has 0 bridgehead atoms. The van der Waals surface area contributed by atoms with Gasteiger partial charge in [-0.3, -0.25) is 4.79 Å². The zero-order chi connectivity index (χ0) is 17.1. The summed E-state index contributed by atoms with van der Waals surface area (Å²) in [4.78, 5) is 16.7. The molecular formula is C18H24N4OS. The zero-order valence-corrected chi connectivity index (χ0v) is 15.2. The van der Waals surface area contributed by atoms with E-state index >= 15 is 0 Å². The second kappa shape index (κ2) is 7.38. The second-order valence-electron chi connectivity index (χ2n) is 6.66. The van der Waals surface area contributed by atoms with Crippen LogP contribution in [-0.4, -0.2) is 32.5 Å². The maximum absolute atomic E-state index is 12.0. The highest BCUT2D eigenvalue weighted by molar-refractivity contribution is 7.99. The van der Waals surface area contributed by atoms with Gasteiger partial charge >= 0.3 is 0 Å². The Balaban J connectivity index is 1.68. The van der Waals surface area contributed by atoms with E-state index in [0.29, 0.717) is 22.7 Å². The molecule has 1 aliphatic rings. The van der Waals surface area contributed by atoms with Crippen LogP contribution in [0.25, 0.3) is 5.69 Å². The van der Waals surface area contributed by atoms with Crippen molar-refractivity contribution >= 4 is 17.7 Å². The number of benzene rings is 1. The van der Waals surface area contributed by atoms with Crippen molar-refractivity contribution in [2.24, 2.45) is 5.92 Å². The Hall–Kier alpha value is -1.82. The van der Waals surface area contributed by atoms with Gasteiger partial charge in [0.2, 0.25) is 11.1 Å². The predicted octanol–water partition coefficient (Wildman–Crippen LogP) is 3.40. The van der Waals surface area contributed by atoms with E-state index in [1.54, 1.807) is 0 Å².